The molecule has 29 heavy (non-hydrogen) atoms. The molecule has 1 atom stereocenters. The number of benzene rings is 2. The largest absolute Gasteiger partial charge is 0.486 e. The fourth-order valence-electron chi connectivity index (χ4n) is 4.45. The van der Waals surface area contributed by atoms with E-state index in [0.717, 1.165) is 36.5 Å². The van der Waals surface area contributed by atoms with Crippen LogP contribution in [-0.2, 0) is 0 Å². The Morgan fingerprint density at radius 1 is 1.00 bits per heavy atom. The first kappa shape index (κ1) is 21.3. The number of hydrogen-bond acceptors (Lipinski definition) is 2. The summed E-state index contributed by atoms with van der Waals surface area (Å²) in [5.74, 6) is -0.0824. The van der Waals surface area contributed by atoms with Gasteiger partial charge in [0.1, 0.15) is 35.1 Å². The van der Waals surface area contributed by atoms with Crippen LogP contribution in [0.3, 0.4) is 0 Å². The highest BCUT2D eigenvalue weighted by atomic mass is 19.1. The maximum atomic E-state index is 14.0. The molecule has 154 valence electrons. The molecule has 0 amide bonds. The van der Waals surface area contributed by atoms with Crippen LogP contribution in [-0.4, -0.2) is 0 Å². The van der Waals surface area contributed by atoms with Gasteiger partial charge in [-0.1, -0.05) is 75.8 Å². The van der Waals surface area contributed by atoms with Crippen molar-refractivity contribution >= 4 is 0 Å². The Labute approximate surface area is 172 Å². The fourth-order valence-corrected chi connectivity index (χ4v) is 4.45. The number of nitriles is 1. The van der Waals surface area contributed by atoms with Crippen LogP contribution in [0.5, 0.6) is 5.75 Å². The van der Waals surface area contributed by atoms with Gasteiger partial charge in [0.15, 0.2) is 0 Å². The minimum absolute atomic E-state index is 0.125. The lowest BCUT2D eigenvalue weighted by molar-refractivity contribution is 0.167. The summed E-state index contributed by atoms with van der Waals surface area (Å²) in [4.78, 5) is 0. The van der Waals surface area contributed by atoms with Gasteiger partial charge in [0.25, 0.3) is 0 Å². The zero-order chi connectivity index (χ0) is 20.6. The first-order chi connectivity index (χ1) is 14.1. The van der Waals surface area contributed by atoms with E-state index in [9.17, 15) is 8.78 Å². The van der Waals surface area contributed by atoms with Crippen LogP contribution in [0.4, 0.5) is 8.78 Å². The number of ether oxygens (including phenoxy) is 1. The average molecular weight is 398 g/mol. The summed E-state index contributed by atoms with van der Waals surface area (Å²) in [5, 5.41) is 8.86. The van der Waals surface area contributed by atoms with Gasteiger partial charge in [-0.15, -0.1) is 0 Å². The second-order valence-electron chi connectivity index (χ2n) is 8.14. The molecule has 0 N–H and O–H groups in total. The molecule has 3 rings (SSSR count). The Hall–Kier alpha value is -2.41. The second-order valence-corrected chi connectivity index (χ2v) is 8.14. The van der Waals surface area contributed by atoms with Gasteiger partial charge in [0, 0.05) is 12.1 Å². The summed E-state index contributed by atoms with van der Waals surface area (Å²) in [5.41, 5.74) is 0.426. The molecule has 0 saturated heterocycles. The molecule has 0 radical (unpaired) electrons. The van der Waals surface area contributed by atoms with Crippen LogP contribution >= 0.6 is 0 Å². The first-order valence-corrected chi connectivity index (χ1v) is 10.7. The Bertz CT molecular complexity index is 799. The Kier molecular flexibility index (Phi) is 7.63. The molecule has 4 heteroatoms. The van der Waals surface area contributed by atoms with Gasteiger partial charge in [0.2, 0.25) is 0 Å². The van der Waals surface area contributed by atoms with Crippen molar-refractivity contribution < 1.29 is 13.5 Å². The van der Waals surface area contributed by atoms with Gasteiger partial charge in [-0.25, -0.2) is 8.78 Å². The SMILES string of the molecule is CCCC1CCC(CCC(Oc2cc(F)c(C#N)c(F)c2)c2ccccc2)CC1. The van der Waals surface area contributed by atoms with E-state index < -0.39 is 17.2 Å². The first-order valence-electron chi connectivity index (χ1n) is 10.7. The van der Waals surface area contributed by atoms with Crippen LogP contribution in [0.1, 0.15) is 75.5 Å². The Morgan fingerprint density at radius 2 is 1.59 bits per heavy atom. The van der Waals surface area contributed by atoms with E-state index in [-0.39, 0.29) is 11.9 Å². The third kappa shape index (κ3) is 5.79. The van der Waals surface area contributed by atoms with Crippen LogP contribution < -0.4 is 4.74 Å². The van der Waals surface area contributed by atoms with Crippen molar-refractivity contribution in [2.45, 2.75) is 64.4 Å². The van der Waals surface area contributed by atoms with Crippen LogP contribution in [0.15, 0.2) is 42.5 Å². The number of rotatable bonds is 8. The van der Waals surface area contributed by atoms with Gasteiger partial charge in [-0.2, -0.15) is 5.26 Å². The molecule has 2 aromatic rings. The third-order valence-electron chi connectivity index (χ3n) is 6.08. The smallest absolute Gasteiger partial charge is 0.147 e. The fraction of sp³-hybridized carbons (Fsp3) is 0.480. The van der Waals surface area contributed by atoms with Crippen LogP contribution in [0.25, 0.3) is 0 Å². The van der Waals surface area contributed by atoms with Crippen LogP contribution in [0, 0.1) is 34.8 Å². The molecular weight excluding hydrogens is 368 g/mol. The van der Waals surface area contributed by atoms with Gasteiger partial charge < -0.3 is 4.74 Å². The van der Waals surface area contributed by atoms with Crippen molar-refractivity contribution in [1.82, 2.24) is 0 Å². The zero-order valence-corrected chi connectivity index (χ0v) is 17.0. The molecule has 1 aliphatic rings. The predicted octanol–water partition coefficient (Wildman–Crippen LogP) is 7.34. The van der Waals surface area contributed by atoms with E-state index >= 15 is 0 Å². The summed E-state index contributed by atoms with van der Waals surface area (Å²) < 4.78 is 34.0. The number of hydrogen-bond donors (Lipinski definition) is 0. The van der Waals surface area contributed by atoms with E-state index in [1.54, 1.807) is 6.07 Å². The second kappa shape index (κ2) is 10.4. The van der Waals surface area contributed by atoms with Gasteiger partial charge in [-0.05, 0) is 30.2 Å². The number of halogens is 2. The van der Waals surface area contributed by atoms with Gasteiger partial charge in [-0.3, -0.25) is 0 Å². The van der Waals surface area contributed by atoms with E-state index in [4.69, 9.17) is 10.00 Å². The van der Waals surface area contributed by atoms with Crippen molar-refractivity contribution in [2.75, 3.05) is 0 Å². The molecule has 0 aliphatic heterocycles. The van der Waals surface area contributed by atoms with E-state index in [1.807, 2.05) is 30.3 Å². The van der Waals surface area contributed by atoms with E-state index in [0.29, 0.717) is 5.92 Å². The molecule has 2 aromatic carbocycles. The summed E-state index contributed by atoms with van der Waals surface area (Å²) >= 11 is 0. The van der Waals surface area contributed by atoms with Gasteiger partial charge >= 0.3 is 0 Å². The lowest BCUT2D eigenvalue weighted by atomic mass is 9.78. The lowest BCUT2D eigenvalue weighted by Crippen LogP contribution is -2.16. The zero-order valence-electron chi connectivity index (χ0n) is 17.0. The highest BCUT2D eigenvalue weighted by Crippen LogP contribution is 2.36. The maximum absolute atomic E-state index is 14.0. The quantitative estimate of drug-likeness (QED) is 0.467. The highest BCUT2D eigenvalue weighted by Gasteiger charge is 2.23. The summed E-state index contributed by atoms with van der Waals surface area (Å²) in [7, 11) is 0. The topological polar surface area (TPSA) is 33.0 Å². The summed E-state index contributed by atoms with van der Waals surface area (Å²) in [6.45, 7) is 2.25. The molecule has 0 spiro atoms. The number of nitrogens with zero attached hydrogens (tertiary/aromatic N) is 1. The molecule has 2 nitrogen and oxygen atoms in total. The normalized spacial score (nSPS) is 20.1. The highest BCUT2D eigenvalue weighted by molar-refractivity contribution is 5.38. The predicted molar refractivity (Wildman–Crippen MR) is 110 cm³/mol. The van der Waals surface area contributed by atoms with Crippen molar-refractivity contribution in [3.05, 3.63) is 65.2 Å². The Balaban J connectivity index is 1.68. The monoisotopic (exact) mass is 397 g/mol. The van der Waals surface area contributed by atoms with Crippen molar-refractivity contribution in [3.8, 4) is 11.8 Å². The van der Waals surface area contributed by atoms with Crippen molar-refractivity contribution in [1.29, 1.82) is 5.26 Å². The molecule has 0 bridgehead atoms. The molecule has 1 fully saturated rings. The minimum atomic E-state index is -0.886. The summed E-state index contributed by atoms with van der Waals surface area (Å²) in [6.07, 6.45) is 9.29. The van der Waals surface area contributed by atoms with E-state index in [1.165, 1.54) is 38.5 Å². The lowest BCUT2D eigenvalue weighted by Gasteiger charge is -2.29. The summed E-state index contributed by atoms with van der Waals surface area (Å²) in [6, 6.07) is 13.6. The maximum Gasteiger partial charge on any atom is 0.147 e. The van der Waals surface area contributed by atoms with Crippen LogP contribution in [0.2, 0.25) is 0 Å². The average Bonchev–Trinajstić information content (AvgIpc) is 2.73. The molecular formula is C25H29F2NO. The molecule has 1 aliphatic carbocycles. The molecule has 0 aromatic heterocycles. The Morgan fingerprint density at radius 3 is 2.14 bits per heavy atom. The third-order valence-corrected chi connectivity index (χ3v) is 6.08. The van der Waals surface area contributed by atoms with E-state index in [2.05, 4.69) is 6.92 Å². The molecule has 0 heterocycles. The minimum Gasteiger partial charge on any atom is -0.486 e. The standard InChI is InChI=1S/C25H29F2NO/c1-2-6-18-9-11-19(12-10-18)13-14-25(20-7-4-3-5-8-20)29-21-15-23(26)22(17-28)24(27)16-21/h3-5,7-8,15-16,18-19,25H,2,6,9-14H2,1H3. The van der Waals surface area contributed by atoms with Crippen molar-refractivity contribution in [3.63, 3.8) is 0 Å². The van der Waals surface area contributed by atoms with Crippen molar-refractivity contribution in [2.24, 2.45) is 11.8 Å². The van der Waals surface area contributed by atoms with Gasteiger partial charge in [0.05, 0.1) is 0 Å². The molecule has 1 saturated carbocycles. The molecule has 1 unspecified atom stereocenters.